The van der Waals surface area contributed by atoms with Gasteiger partial charge in [0.05, 0.1) is 11.6 Å². The summed E-state index contributed by atoms with van der Waals surface area (Å²) in [7, 11) is 0. The van der Waals surface area contributed by atoms with E-state index in [-0.39, 0.29) is 18.2 Å². The van der Waals surface area contributed by atoms with Crippen molar-refractivity contribution in [2.45, 2.75) is 25.7 Å². The van der Waals surface area contributed by atoms with Crippen LogP contribution in [0.4, 0.5) is 18.9 Å². The molecular weight excluding hydrogens is 349 g/mol. The summed E-state index contributed by atoms with van der Waals surface area (Å²) in [6.45, 7) is 2.43. The van der Waals surface area contributed by atoms with Crippen LogP contribution in [0.1, 0.15) is 28.4 Å². The monoisotopic (exact) mass is 366 g/mol. The first-order chi connectivity index (χ1) is 12.3. The van der Waals surface area contributed by atoms with E-state index in [1.807, 2.05) is 11.8 Å². The van der Waals surface area contributed by atoms with Crippen LogP contribution in [-0.4, -0.2) is 23.8 Å². The standard InChI is InChI=1S/C18H17F3N2O3/c1-11-10-26-16-7-12(17(24)22-25)5-6-13(16)9-23(11)15-4-2-3-14(8-15)18(19,20)21/h2-8,11,25H,9-10H2,1H3,(H,22,24)/t11-/m0/s1. The van der Waals surface area contributed by atoms with E-state index in [9.17, 15) is 18.0 Å². The van der Waals surface area contributed by atoms with Gasteiger partial charge in [-0.05, 0) is 37.3 Å². The second kappa shape index (κ2) is 6.87. The van der Waals surface area contributed by atoms with Crippen LogP contribution in [0.15, 0.2) is 42.5 Å². The lowest BCUT2D eigenvalue weighted by Gasteiger charge is -2.29. The number of amides is 1. The molecule has 2 aromatic carbocycles. The van der Waals surface area contributed by atoms with Gasteiger partial charge in [-0.3, -0.25) is 10.0 Å². The maximum Gasteiger partial charge on any atom is 0.416 e. The molecule has 0 radical (unpaired) electrons. The summed E-state index contributed by atoms with van der Waals surface area (Å²) in [5.74, 6) is -0.198. The van der Waals surface area contributed by atoms with Gasteiger partial charge in [0.15, 0.2) is 0 Å². The van der Waals surface area contributed by atoms with Gasteiger partial charge in [0, 0.05) is 23.4 Å². The second-order valence-corrected chi connectivity index (χ2v) is 6.10. The number of ether oxygens (including phenoxy) is 1. The van der Waals surface area contributed by atoms with Crippen LogP contribution in [-0.2, 0) is 12.7 Å². The number of hydrogen-bond acceptors (Lipinski definition) is 4. The highest BCUT2D eigenvalue weighted by atomic mass is 19.4. The third-order valence-corrected chi connectivity index (χ3v) is 4.29. The molecule has 0 saturated heterocycles. The smallest absolute Gasteiger partial charge is 0.416 e. The van der Waals surface area contributed by atoms with Crippen LogP contribution in [0, 0.1) is 0 Å². The van der Waals surface area contributed by atoms with E-state index >= 15 is 0 Å². The molecule has 0 unspecified atom stereocenters. The lowest BCUT2D eigenvalue weighted by Crippen LogP contribution is -2.35. The Morgan fingerprint density at radius 3 is 2.73 bits per heavy atom. The number of fused-ring (bicyclic) bond motifs is 1. The van der Waals surface area contributed by atoms with Crippen molar-refractivity contribution in [2.75, 3.05) is 11.5 Å². The van der Waals surface area contributed by atoms with E-state index in [2.05, 4.69) is 0 Å². The molecule has 0 aliphatic carbocycles. The number of anilines is 1. The van der Waals surface area contributed by atoms with Crippen molar-refractivity contribution in [3.63, 3.8) is 0 Å². The van der Waals surface area contributed by atoms with Gasteiger partial charge in [-0.2, -0.15) is 13.2 Å². The predicted molar refractivity (Wildman–Crippen MR) is 88.3 cm³/mol. The van der Waals surface area contributed by atoms with Gasteiger partial charge in [0.2, 0.25) is 0 Å². The summed E-state index contributed by atoms with van der Waals surface area (Å²) in [6, 6.07) is 9.68. The molecule has 1 aliphatic heterocycles. The normalized spacial score (nSPS) is 17.1. The fraction of sp³-hybridized carbons (Fsp3) is 0.278. The van der Waals surface area contributed by atoms with Crippen molar-refractivity contribution < 1.29 is 27.9 Å². The molecule has 1 atom stereocenters. The van der Waals surface area contributed by atoms with Crippen molar-refractivity contribution in [3.8, 4) is 5.75 Å². The van der Waals surface area contributed by atoms with Crippen LogP contribution < -0.4 is 15.1 Å². The Hall–Kier alpha value is -2.74. The minimum absolute atomic E-state index is 0.180. The molecule has 0 bridgehead atoms. The molecule has 5 nitrogen and oxygen atoms in total. The third kappa shape index (κ3) is 3.60. The maximum atomic E-state index is 13.0. The lowest BCUT2D eigenvalue weighted by atomic mass is 10.1. The summed E-state index contributed by atoms with van der Waals surface area (Å²) in [6.07, 6.45) is -4.41. The molecule has 0 saturated carbocycles. The van der Waals surface area contributed by atoms with Gasteiger partial charge in [-0.1, -0.05) is 12.1 Å². The molecule has 8 heteroatoms. The summed E-state index contributed by atoms with van der Waals surface area (Å²) >= 11 is 0. The van der Waals surface area contributed by atoms with Gasteiger partial charge in [0.25, 0.3) is 5.91 Å². The average molecular weight is 366 g/mol. The number of rotatable bonds is 2. The molecule has 2 aromatic rings. The molecule has 1 amide bonds. The predicted octanol–water partition coefficient (Wildman–Crippen LogP) is 3.61. The fourth-order valence-electron chi connectivity index (χ4n) is 2.87. The van der Waals surface area contributed by atoms with E-state index in [1.165, 1.54) is 18.2 Å². The van der Waals surface area contributed by atoms with Crippen molar-refractivity contribution >= 4 is 11.6 Å². The molecule has 2 N–H and O–H groups in total. The van der Waals surface area contributed by atoms with Crippen LogP contribution in [0.5, 0.6) is 5.75 Å². The SMILES string of the molecule is C[C@H]1COc2cc(C(=O)NO)ccc2CN1c1cccc(C(F)(F)F)c1. The Bertz CT molecular complexity index is 824. The zero-order valence-electron chi connectivity index (χ0n) is 13.9. The summed E-state index contributed by atoms with van der Waals surface area (Å²) in [5, 5.41) is 8.73. The lowest BCUT2D eigenvalue weighted by molar-refractivity contribution is -0.137. The van der Waals surface area contributed by atoms with E-state index < -0.39 is 17.6 Å². The highest BCUT2D eigenvalue weighted by Crippen LogP contribution is 2.34. The molecule has 1 heterocycles. The largest absolute Gasteiger partial charge is 0.491 e. The Labute approximate surface area is 148 Å². The van der Waals surface area contributed by atoms with E-state index in [0.29, 0.717) is 18.0 Å². The van der Waals surface area contributed by atoms with Crippen LogP contribution in [0.25, 0.3) is 0 Å². The molecule has 0 aromatic heterocycles. The molecule has 1 aliphatic rings. The highest BCUT2D eigenvalue weighted by Gasteiger charge is 2.31. The molecule has 0 fully saturated rings. The molecule has 138 valence electrons. The molecule has 3 rings (SSSR count). The van der Waals surface area contributed by atoms with Crippen LogP contribution in [0.3, 0.4) is 0 Å². The Balaban J connectivity index is 1.94. The summed E-state index contributed by atoms with van der Waals surface area (Å²) in [4.78, 5) is 13.4. The number of hydroxylamine groups is 1. The zero-order chi connectivity index (χ0) is 18.9. The molecule has 26 heavy (non-hydrogen) atoms. The fourth-order valence-corrected chi connectivity index (χ4v) is 2.87. The maximum absolute atomic E-state index is 13.0. The van der Waals surface area contributed by atoms with Gasteiger partial charge in [-0.15, -0.1) is 0 Å². The molecule has 0 spiro atoms. The summed E-state index contributed by atoms with van der Waals surface area (Å²) < 4.78 is 44.7. The topological polar surface area (TPSA) is 61.8 Å². The Morgan fingerprint density at radius 1 is 1.27 bits per heavy atom. The van der Waals surface area contributed by atoms with Gasteiger partial charge < -0.3 is 9.64 Å². The number of halogens is 3. The van der Waals surface area contributed by atoms with E-state index in [1.54, 1.807) is 17.6 Å². The van der Waals surface area contributed by atoms with Crippen LogP contribution in [0.2, 0.25) is 0 Å². The highest BCUT2D eigenvalue weighted by molar-refractivity contribution is 5.93. The zero-order valence-corrected chi connectivity index (χ0v) is 13.9. The van der Waals surface area contributed by atoms with E-state index in [4.69, 9.17) is 9.94 Å². The number of hydrogen-bond donors (Lipinski definition) is 2. The van der Waals surface area contributed by atoms with Gasteiger partial charge in [-0.25, -0.2) is 5.48 Å². The number of carbonyl (C=O) groups is 1. The van der Waals surface area contributed by atoms with E-state index in [0.717, 1.165) is 17.7 Å². The third-order valence-electron chi connectivity index (χ3n) is 4.29. The van der Waals surface area contributed by atoms with Crippen molar-refractivity contribution in [1.29, 1.82) is 0 Å². The van der Waals surface area contributed by atoms with Crippen molar-refractivity contribution in [1.82, 2.24) is 5.48 Å². The van der Waals surface area contributed by atoms with Gasteiger partial charge in [0.1, 0.15) is 12.4 Å². The average Bonchev–Trinajstić information content (AvgIpc) is 2.79. The van der Waals surface area contributed by atoms with Crippen molar-refractivity contribution in [2.24, 2.45) is 0 Å². The first kappa shape index (κ1) is 18.1. The van der Waals surface area contributed by atoms with Crippen LogP contribution >= 0.6 is 0 Å². The Morgan fingerprint density at radius 2 is 2.04 bits per heavy atom. The molecular formula is C18H17F3N2O3. The van der Waals surface area contributed by atoms with Gasteiger partial charge >= 0.3 is 6.18 Å². The number of nitrogens with zero attached hydrogens (tertiary/aromatic N) is 1. The summed E-state index contributed by atoms with van der Waals surface area (Å²) in [5.41, 5.74) is 2.26. The quantitative estimate of drug-likeness (QED) is 0.630. The number of nitrogens with one attached hydrogen (secondary N) is 1. The second-order valence-electron chi connectivity index (χ2n) is 6.10. The first-order valence-electron chi connectivity index (χ1n) is 7.93. The number of alkyl halides is 3. The van der Waals surface area contributed by atoms with Crippen molar-refractivity contribution in [3.05, 3.63) is 59.2 Å². The minimum Gasteiger partial charge on any atom is -0.491 e. The Kier molecular flexibility index (Phi) is 4.78. The minimum atomic E-state index is -4.41. The number of carbonyl (C=O) groups excluding carboxylic acids is 1. The first-order valence-corrected chi connectivity index (χ1v) is 7.93. The number of benzene rings is 2.